The van der Waals surface area contributed by atoms with Gasteiger partial charge in [-0.05, 0) is 45.3 Å². The Labute approximate surface area is 143 Å². The quantitative estimate of drug-likeness (QED) is 0.872. The Balaban J connectivity index is 1.77. The molecule has 2 fully saturated rings. The molecule has 1 aromatic rings. The lowest BCUT2D eigenvalue weighted by molar-refractivity contribution is -0.118. The number of nitrogens with zero attached hydrogens (tertiary/aromatic N) is 2. The summed E-state index contributed by atoms with van der Waals surface area (Å²) < 4.78 is 0. The highest BCUT2D eigenvalue weighted by Gasteiger charge is 2.50. The summed E-state index contributed by atoms with van der Waals surface area (Å²) in [7, 11) is 4.25. The van der Waals surface area contributed by atoms with Crippen molar-refractivity contribution in [1.82, 2.24) is 15.1 Å². The number of rotatable bonds is 4. The largest absolute Gasteiger partial charge is 0.368 e. The molecular formula is C18H26N4O2. The van der Waals surface area contributed by atoms with Gasteiger partial charge in [-0.1, -0.05) is 30.3 Å². The molecule has 3 amide bonds. The van der Waals surface area contributed by atoms with Crippen LogP contribution in [-0.2, 0) is 10.3 Å². The zero-order valence-electron chi connectivity index (χ0n) is 14.4. The Morgan fingerprint density at radius 1 is 1.21 bits per heavy atom. The van der Waals surface area contributed by atoms with E-state index in [9.17, 15) is 9.59 Å². The lowest BCUT2D eigenvalue weighted by Gasteiger charge is -2.48. The Kier molecular flexibility index (Phi) is 4.25. The second kappa shape index (κ2) is 6.09. The van der Waals surface area contributed by atoms with E-state index in [0.717, 1.165) is 25.7 Å². The van der Waals surface area contributed by atoms with Crippen molar-refractivity contribution >= 4 is 11.9 Å². The topological polar surface area (TPSA) is 78.7 Å². The monoisotopic (exact) mass is 330 g/mol. The average molecular weight is 330 g/mol. The van der Waals surface area contributed by atoms with Crippen LogP contribution in [0.15, 0.2) is 30.3 Å². The lowest BCUT2D eigenvalue weighted by Crippen LogP contribution is -2.54. The van der Waals surface area contributed by atoms with E-state index in [1.807, 2.05) is 6.07 Å². The highest BCUT2D eigenvalue weighted by molar-refractivity contribution is 5.84. The maximum atomic E-state index is 12.1. The van der Waals surface area contributed by atoms with E-state index >= 15 is 0 Å². The van der Waals surface area contributed by atoms with Crippen molar-refractivity contribution in [2.45, 2.75) is 36.8 Å². The predicted octanol–water partition coefficient (Wildman–Crippen LogP) is 1.27. The number of amides is 3. The van der Waals surface area contributed by atoms with Crippen molar-refractivity contribution in [3.05, 3.63) is 35.9 Å². The number of hydrogen-bond donors (Lipinski definition) is 2. The molecule has 0 atom stereocenters. The highest BCUT2D eigenvalue weighted by Crippen LogP contribution is 2.45. The minimum absolute atomic E-state index is 0.00561. The van der Waals surface area contributed by atoms with Crippen LogP contribution < -0.4 is 11.1 Å². The van der Waals surface area contributed by atoms with E-state index in [4.69, 9.17) is 5.73 Å². The molecule has 1 saturated carbocycles. The Morgan fingerprint density at radius 2 is 1.83 bits per heavy atom. The number of nitrogens with one attached hydrogen (secondary N) is 1. The second-order valence-electron chi connectivity index (χ2n) is 7.32. The summed E-state index contributed by atoms with van der Waals surface area (Å²) >= 11 is 0. The minimum Gasteiger partial charge on any atom is -0.368 e. The van der Waals surface area contributed by atoms with Crippen LogP contribution >= 0.6 is 0 Å². The zero-order chi connectivity index (χ0) is 17.4. The molecule has 0 radical (unpaired) electrons. The van der Waals surface area contributed by atoms with Gasteiger partial charge in [-0.25, -0.2) is 4.79 Å². The third-order valence-corrected chi connectivity index (χ3v) is 5.70. The van der Waals surface area contributed by atoms with E-state index in [1.54, 1.807) is 0 Å². The number of benzene rings is 1. The number of carbonyl (C=O) groups is 2. The fraction of sp³-hybridized carbons (Fsp3) is 0.556. The zero-order valence-corrected chi connectivity index (χ0v) is 14.4. The van der Waals surface area contributed by atoms with Gasteiger partial charge in [-0.15, -0.1) is 0 Å². The molecule has 1 spiro atoms. The van der Waals surface area contributed by atoms with Crippen molar-refractivity contribution < 1.29 is 9.59 Å². The molecule has 0 bridgehead atoms. The summed E-state index contributed by atoms with van der Waals surface area (Å²) in [5.41, 5.74) is 6.33. The summed E-state index contributed by atoms with van der Waals surface area (Å²) in [6.45, 7) is 0.554. The normalized spacial score (nSPS) is 30.0. The molecule has 0 unspecified atom stereocenters. The highest BCUT2D eigenvalue weighted by atomic mass is 16.2. The standard InChI is InChI=1S/C18H26N4O2/c1-21(2)18(14-6-4-3-5-7-14)10-8-17(9-11-18)13-22(12-15(19)23)16(24)20-17/h3-7H,8-13H2,1-2H3,(H2,19,23)(H,20,24). The van der Waals surface area contributed by atoms with Crippen LogP contribution in [0.5, 0.6) is 0 Å². The summed E-state index contributed by atoms with van der Waals surface area (Å²) in [6, 6.07) is 10.4. The predicted molar refractivity (Wildman–Crippen MR) is 92.3 cm³/mol. The van der Waals surface area contributed by atoms with Gasteiger partial charge < -0.3 is 16.0 Å². The van der Waals surface area contributed by atoms with Gasteiger partial charge in [0.25, 0.3) is 0 Å². The van der Waals surface area contributed by atoms with Crippen LogP contribution in [0, 0.1) is 0 Å². The van der Waals surface area contributed by atoms with E-state index < -0.39 is 5.91 Å². The van der Waals surface area contributed by atoms with Gasteiger partial charge in [-0.2, -0.15) is 0 Å². The first-order chi connectivity index (χ1) is 11.4. The molecular weight excluding hydrogens is 304 g/mol. The van der Waals surface area contributed by atoms with Crippen LogP contribution in [0.25, 0.3) is 0 Å². The first-order valence-electron chi connectivity index (χ1n) is 8.45. The van der Waals surface area contributed by atoms with Crippen molar-refractivity contribution in [2.75, 3.05) is 27.2 Å². The molecule has 1 aliphatic carbocycles. The number of primary amides is 1. The molecule has 6 heteroatoms. The number of carbonyl (C=O) groups excluding carboxylic acids is 2. The van der Waals surface area contributed by atoms with Crippen molar-refractivity contribution in [2.24, 2.45) is 5.73 Å². The fourth-order valence-corrected chi connectivity index (χ4v) is 4.27. The van der Waals surface area contributed by atoms with Crippen LogP contribution in [-0.4, -0.2) is 54.5 Å². The van der Waals surface area contributed by atoms with Gasteiger partial charge >= 0.3 is 6.03 Å². The number of hydrogen-bond acceptors (Lipinski definition) is 3. The average Bonchev–Trinajstić information content (AvgIpc) is 2.84. The Bertz CT molecular complexity index is 621. The van der Waals surface area contributed by atoms with Gasteiger partial charge in [0.1, 0.15) is 6.54 Å². The summed E-state index contributed by atoms with van der Waals surface area (Å²) in [5, 5.41) is 3.11. The van der Waals surface area contributed by atoms with E-state index in [1.165, 1.54) is 10.5 Å². The van der Waals surface area contributed by atoms with Gasteiger partial charge in [0, 0.05) is 12.1 Å². The fourth-order valence-electron chi connectivity index (χ4n) is 4.27. The third-order valence-electron chi connectivity index (χ3n) is 5.70. The number of nitrogens with two attached hydrogens (primary N) is 1. The molecule has 2 aliphatic rings. The van der Waals surface area contributed by atoms with Crippen LogP contribution in [0.3, 0.4) is 0 Å². The molecule has 130 valence electrons. The van der Waals surface area contributed by atoms with Crippen LogP contribution in [0.1, 0.15) is 31.2 Å². The van der Waals surface area contributed by atoms with Gasteiger partial charge in [0.15, 0.2) is 0 Å². The van der Waals surface area contributed by atoms with Gasteiger partial charge in [0.05, 0.1) is 5.54 Å². The Hall–Kier alpha value is -2.08. The summed E-state index contributed by atoms with van der Waals surface area (Å²) in [4.78, 5) is 27.1. The lowest BCUT2D eigenvalue weighted by atomic mass is 9.69. The molecule has 24 heavy (non-hydrogen) atoms. The molecule has 3 N–H and O–H groups in total. The summed E-state index contributed by atoms with van der Waals surface area (Å²) in [5.74, 6) is -0.468. The first-order valence-corrected chi connectivity index (χ1v) is 8.45. The Morgan fingerprint density at radius 3 is 2.38 bits per heavy atom. The molecule has 6 nitrogen and oxygen atoms in total. The van der Waals surface area contributed by atoms with E-state index in [-0.39, 0.29) is 23.7 Å². The summed E-state index contributed by atoms with van der Waals surface area (Å²) in [6.07, 6.45) is 3.71. The van der Waals surface area contributed by atoms with Crippen molar-refractivity contribution in [3.8, 4) is 0 Å². The number of urea groups is 1. The maximum Gasteiger partial charge on any atom is 0.318 e. The molecule has 1 heterocycles. The first kappa shape index (κ1) is 16.8. The SMILES string of the molecule is CN(C)C1(c2ccccc2)CCC2(CC1)CN(CC(N)=O)C(=O)N2. The van der Waals surface area contributed by atoms with Gasteiger partial charge in [0.2, 0.25) is 5.91 Å². The molecule has 1 saturated heterocycles. The second-order valence-corrected chi connectivity index (χ2v) is 7.32. The molecule has 1 aromatic carbocycles. The van der Waals surface area contributed by atoms with Crippen molar-refractivity contribution in [3.63, 3.8) is 0 Å². The molecule has 0 aromatic heterocycles. The third kappa shape index (κ3) is 2.86. The van der Waals surface area contributed by atoms with Crippen LogP contribution in [0.2, 0.25) is 0 Å². The molecule has 1 aliphatic heterocycles. The smallest absolute Gasteiger partial charge is 0.318 e. The maximum absolute atomic E-state index is 12.1. The van der Waals surface area contributed by atoms with Crippen LogP contribution in [0.4, 0.5) is 4.79 Å². The van der Waals surface area contributed by atoms with E-state index in [0.29, 0.717) is 6.54 Å². The minimum atomic E-state index is -0.468. The molecule has 3 rings (SSSR count). The van der Waals surface area contributed by atoms with Gasteiger partial charge in [-0.3, -0.25) is 9.69 Å². The van der Waals surface area contributed by atoms with E-state index in [2.05, 4.69) is 48.6 Å². The van der Waals surface area contributed by atoms with Crippen molar-refractivity contribution in [1.29, 1.82) is 0 Å².